The van der Waals surface area contributed by atoms with E-state index in [2.05, 4.69) is 23.5 Å². The second-order valence-electron chi connectivity index (χ2n) is 5.78. The maximum Gasteiger partial charge on any atom is 0.246 e. The molecular formula is C21H25NO2. The van der Waals surface area contributed by atoms with E-state index in [4.69, 9.17) is 4.74 Å². The second-order valence-corrected chi connectivity index (χ2v) is 5.78. The van der Waals surface area contributed by atoms with Crippen LogP contribution in [0.4, 0.5) is 0 Å². The van der Waals surface area contributed by atoms with E-state index in [1.807, 2.05) is 56.3 Å². The topological polar surface area (TPSA) is 38.3 Å². The maximum atomic E-state index is 11.9. The summed E-state index contributed by atoms with van der Waals surface area (Å²) in [6.45, 7) is 5.55. The molecule has 0 saturated carbocycles. The monoisotopic (exact) mass is 323 g/mol. The number of benzene rings is 2. The number of carbonyl (C=O) groups excluding carboxylic acids is 1. The van der Waals surface area contributed by atoms with Gasteiger partial charge in [-0.3, -0.25) is 4.79 Å². The van der Waals surface area contributed by atoms with Gasteiger partial charge in [0.25, 0.3) is 0 Å². The van der Waals surface area contributed by atoms with E-state index in [9.17, 15) is 4.79 Å². The molecule has 0 fully saturated rings. The van der Waals surface area contributed by atoms with Crippen LogP contribution in [0.3, 0.4) is 0 Å². The Morgan fingerprint density at radius 2 is 1.67 bits per heavy atom. The zero-order valence-corrected chi connectivity index (χ0v) is 14.4. The fourth-order valence-corrected chi connectivity index (χ4v) is 2.41. The standard InChI is InChI=1S/C21H25NO2/c1-3-8-17(2)21(23)22-14-19-11-7-12-20(13-19)16-24-15-18-9-5-4-6-10-18/h4-13H,3,14-16H2,1-2H3,(H,22,23). The molecule has 0 spiro atoms. The minimum atomic E-state index is -0.0115. The molecule has 0 saturated heterocycles. The molecule has 0 aliphatic rings. The van der Waals surface area contributed by atoms with E-state index >= 15 is 0 Å². The third-order valence-corrected chi connectivity index (χ3v) is 3.69. The number of ether oxygens (including phenoxy) is 1. The van der Waals surface area contributed by atoms with E-state index in [1.165, 1.54) is 5.56 Å². The van der Waals surface area contributed by atoms with Crippen LogP contribution in [0.25, 0.3) is 0 Å². The molecule has 2 aromatic rings. The van der Waals surface area contributed by atoms with Gasteiger partial charge in [0.2, 0.25) is 5.91 Å². The molecule has 3 nitrogen and oxygen atoms in total. The highest BCUT2D eigenvalue weighted by atomic mass is 16.5. The molecular weight excluding hydrogens is 298 g/mol. The summed E-state index contributed by atoms with van der Waals surface area (Å²) in [5, 5.41) is 2.94. The van der Waals surface area contributed by atoms with Crippen LogP contribution < -0.4 is 5.32 Å². The van der Waals surface area contributed by atoms with Gasteiger partial charge in [-0.15, -0.1) is 0 Å². The SMILES string of the molecule is CCC=C(C)C(=O)NCc1cccc(COCc2ccccc2)c1. The van der Waals surface area contributed by atoms with Gasteiger partial charge in [0.1, 0.15) is 0 Å². The first-order chi connectivity index (χ1) is 11.7. The predicted molar refractivity (Wildman–Crippen MR) is 97.3 cm³/mol. The van der Waals surface area contributed by atoms with Gasteiger partial charge in [-0.2, -0.15) is 0 Å². The molecule has 1 amide bonds. The number of hydrogen-bond donors (Lipinski definition) is 1. The van der Waals surface area contributed by atoms with Gasteiger partial charge in [-0.05, 0) is 30.0 Å². The molecule has 0 aliphatic carbocycles. The van der Waals surface area contributed by atoms with Crippen LogP contribution in [0, 0.1) is 0 Å². The van der Waals surface area contributed by atoms with Crippen LogP contribution in [0.5, 0.6) is 0 Å². The minimum absolute atomic E-state index is 0.0115. The zero-order valence-electron chi connectivity index (χ0n) is 14.4. The molecule has 3 heteroatoms. The smallest absolute Gasteiger partial charge is 0.246 e. The van der Waals surface area contributed by atoms with Crippen molar-refractivity contribution in [1.29, 1.82) is 0 Å². The van der Waals surface area contributed by atoms with Gasteiger partial charge < -0.3 is 10.1 Å². The molecule has 0 aliphatic heterocycles. The Balaban J connectivity index is 1.83. The molecule has 0 bridgehead atoms. The van der Waals surface area contributed by atoms with Gasteiger partial charge in [0, 0.05) is 12.1 Å². The van der Waals surface area contributed by atoms with E-state index in [1.54, 1.807) is 0 Å². The first-order valence-corrected chi connectivity index (χ1v) is 8.33. The fraction of sp³-hybridized carbons (Fsp3) is 0.286. The lowest BCUT2D eigenvalue weighted by Gasteiger charge is -2.08. The molecule has 0 unspecified atom stereocenters. The molecule has 0 heterocycles. The highest BCUT2D eigenvalue weighted by molar-refractivity contribution is 5.92. The van der Waals surface area contributed by atoms with Crippen LogP contribution >= 0.6 is 0 Å². The summed E-state index contributed by atoms with van der Waals surface area (Å²) in [5.41, 5.74) is 4.12. The summed E-state index contributed by atoms with van der Waals surface area (Å²) in [7, 11) is 0. The van der Waals surface area contributed by atoms with Crippen molar-refractivity contribution in [2.24, 2.45) is 0 Å². The van der Waals surface area contributed by atoms with E-state index in [-0.39, 0.29) is 5.91 Å². The first kappa shape index (κ1) is 18.0. The number of carbonyl (C=O) groups is 1. The Hall–Kier alpha value is -2.39. The second kappa shape index (κ2) is 9.68. The van der Waals surface area contributed by atoms with Gasteiger partial charge in [0.05, 0.1) is 13.2 Å². The summed E-state index contributed by atoms with van der Waals surface area (Å²) in [4.78, 5) is 11.9. The normalized spacial score (nSPS) is 11.3. The fourth-order valence-electron chi connectivity index (χ4n) is 2.41. The third-order valence-electron chi connectivity index (χ3n) is 3.69. The highest BCUT2D eigenvalue weighted by Gasteiger charge is 2.03. The van der Waals surface area contributed by atoms with Crippen molar-refractivity contribution in [1.82, 2.24) is 5.32 Å². The Morgan fingerprint density at radius 3 is 2.42 bits per heavy atom. The number of nitrogens with one attached hydrogen (secondary N) is 1. The highest BCUT2D eigenvalue weighted by Crippen LogP contribution is 2.09. The van der Waals surface area contributed by atoms with Crippen molar-refractivity contribution in [3.8, 4) is 0 Å². The summed E-state index contributed by atoms with van der Waals surface area (Å²) in [6, 6.07) is 18.3. The van der Waals surface area contributed by atoms with Crippen molar-refractivity contribution in [3.63, 3.8) is 0 Å². The van der Waals surface area contributed by atoms with Gasteiger partial charge in [-0.1, -0.05) is 67.6 Å². The Morgan fingerprint density at radius 1 is 1.00 bits per heavy atom. The van der Waals surface area contributed by atoms with Crippen LogP contribution in [0.2, 0.25) is 0 Å². The van der Waals surface area contributed by atoms with E-state index in [0.717, 1.165) is 23.1 Å². The summed E-state index contributed by atoms with van der Waals surface area (Å²) < 4.78 is 5.76. The van der Waals surface area contributed by atoms with Crippen LogP contribution in [-0.4, -0.2) is 5.91 Å². The molecule has 1 N–H and O–H groups in total. The minimum Gasteiger partial charge on any atom is -0.372 e. The predicted octanol–water partition coefficient (Wildman–Crippen LogP) is 4.38. The lowest BCUT2D eigenvalue weighted by atomic mass is 10.1. The Labute approximate surface area is 144 Å². The number of hydrogen-bond acceptors (Lipinski definition) is 2. The van der Waals surface area contributed by atoms with Gasteiger partial charge >= 0.3 is 0 Å². The molecule has 2 rings (SSSR count). The van der Waals surface area contributed by atoms with Crippen LogP contribution in [-0.2, 0) is 29.3 Å². The molecule has 24 heavy (non-hydrogen) atoms. The first-order valence-electron chi connectivity index (χ1n) is 8.33. The largest absolute Gasteiger partial charge is 0.372 e. The van der Waals surface area contributed by atoms with Crippen molar-refractivity contribution < 1.29 is 9.53 Å². The summed E-state index contributed by atoms with van der Waals surface area (Å²) in [6.07, 6.45) is 2.80. The average Bonchev–Trinajstić information content (AvgIpc) is 2.61. The Kier molecular flexibility index (Phi) is 7.24. The number of amides is 1. The van der Waals surface area contributed by atoms with Crippen molar-refractivity contribution in [2.75, 3.05) is 0 Å². The zero-order chi connectivity index (χ0) is 17.2. The summed E-state index contributed by atoms with van der Waals surface area (Å²) in [5.74, 6) is -0.0115. The van der Waals surface area contributed by atoms with E-state index < -0.39 is 0 Å². The van der Waals surface area contributed by atoms with Gasteiger partial charge in [0.15, 0.2) is 0 Å². The molecule has 126 valence electrons. The molecule has 0 atom stereocenters. The number of allylic oxidation sites excluding steroid dienone is 1. The van der Waals surface area contributed by atoms with Crippen molar-refractivity contribution in [2.45, 2.75) is 40.0 Å². The van der Waals surface area contributed by atoms with Gasteiger partial charge in [-0.25, -0.2) is 0 Å². The third kappa shape index (κ3) is 6.01. The lowest BCUT2D eigenvalue weighted by Crippen LogP contribution is -2.23. The average molecular weight is 323 g/mol. The van der Waals surface area contributed by atoms with E-state index in [0.29, 0.717) is 19.8 Å². The van der Waals surface area contributed by atoms with Crippen LogP contribution in [0.15, 0.2) is 66.2 Å². The summed E-state index contributed by atoms with van der Waals surface area (Å²) >= 11 is 0. The lowest BCUT2D eigenvalue weighted by molar-refractivity contribution is -0.117. The van der Waals surface area contributed by atoms with Crippen LogP contribution in [0.1, 0.15) is 37.0 Å². The quantitative estimate of drug-likeness (QED) is 0.732. The molecule has 0 radical (unpaired) electrons. The number of rotatable bonds is 8. The van der Waals surface area contributed by atoms with Crippen molar-refractivity contribution >= 4 is 5.91 Å². The Bertz CT molecular complexity index is 677. The molecule has 0 aromatic heterocycles. The van der Waals surface area contributed by atoms with Crippen molar-refractivity contribution in [3.05, 3.63) is 82.9 Å². The maximum absolute atomic E-state index is 11.9. The molecule has 2 aromatic carbocycles.